The molecule has 1 aromatic heterocycles. The Bertz CT molecular complexity index is 3310. The van der Waals surface area contributed by atoms with Crippen molar-refractivity contribution < 1.29 is 4.74 Å². The molecule has 306 valence electrons. The van der Waals surface area contributed by atoms with Crippen molar-refractivity contribution in [1.82, 2.24) is 0 Å². The molecule has 0 N–H and O–H groups in total. The van der Waals surface area contributed by atoms with Crippen molar-refractivity contribution in [1.29, 1.82) is 0 Å². The topological polar surface area (TPSA) is 12.5 Å². The molecule has 2 nitrogen and oxygen atoms in total. The smallest absolute Gasteiger partial charge is 0.204 e. The van der Waals surface area contributed by atoms with Gasteiger partial charge in [-0.15, -0.1) is 11.3 Å². The number of ether oxygens (including phenoxy) is 1. The maximum atomic E-state index is 7.47. The molecule has 3 aliphatic carbocycles. The minimum atomic E-state index is -0.166. The lowest BCUT2D eigenvalue weighted by Gasteiger charge is -2.35. The summed E-state index contributed by atoms with van der Waals surface area (Å²) in [6, 6.07) is 47.1. The van der Waals surface area contributed by atoms with E-state index < -0.39 is 0 Å². The van der Waals surface area contributed by atoms with Crippen LogP contribution in [-0.2, 0) is 10.8 Å². The Labute approximate surface area is 378 Å². The second-order valence-corrected chi connectivity index (χ2v) is 20.5. The third kappa shape index (κ3) is 5.84. The van der Waals surface area contributed by atoms with E-state index in [-0.39, 0.29) is 16.7 Å². The molecule has 63 heavy (non-hydrogen) atoms. The molecule has 2 atom stereocenters. The fraction of sp³-hybridized carbons (Fsp3) is 0.153. The highest BCUT2D eigenvalue weighted by molar-refractivity contribution is 8.03. The van der Waals surface area contributed by atoms with Gasteiger partial charge in [-0.3, -0.25) is 4.90 Å². The van der Waals surface area contributed by atoms with Gasteiger partial charge < -0.3 is 4.74 Å². The Morgan fingerprint density at radius 1 is 0.698 bits per heavy atom. The minimum absolute atomic E-state index is 0.0166. The van der Waals surface area contributed by atoms with Crippen LogP contribution in [0.15, 0.2) is 198 Å². The number of rotatable bonds is 5. The highest BCUT2D eigenvalue weighted by Crippen LogP contribution is 2.59. The summed E-state index contributed by atoms with van der Waals surface area (Å²) in [6.07, 6.45) is 17.7. The third-order valence-electron chi connectivity index (χ3n) is 14.2. The number of thioether (sulfide) groups is 1. The quantitative estimate of drug-likeness (QED) is 0.171. The first kappa shape index (κ1) is 38.4. The number of hydrogen-bond acceptors (Lipinski definition) is 4. The van der Waals surface area contributed by atoms with Gasteiger partial charge in [0.15, 0.2) is 0 Å². The second-order valence-electron chi connectivity index (χ2n) is 18.4. The highest BCUT2D eigenvalue weighted by atomic mass is 32.2. The van der Waals surface area contributed by atoms with Crippen molar-refractivity contribution in [3.63, 3.8) is 0 Å². The lowest BCUT2D eigenvalue weighted by molar-refractivity contribution is 0.406. The van der Waals surface area contributed by atoms with Crippen molar-refractivity contribution in [2.75, 3.05) is 4.90 Å². The van der Waals surface area contributed by atoms with E-state index in [1.54, 1.807) is 0 Å². The van der Waals surface area contributed by atoms with Crippen molar-refractivity contribution in [3.8, 4) is 16.9 Å². The first-order valence-electron chi connectivity index (χ1n) is 22.1. The second kappa shape index (κ2) is 14.4. The van der Waals surface area contributed by atoms with Crippen LogP contribution in [0.3, 0.4) is 0 Å². The Kier molecular flexibility index (Phi) is 8.74. The van der Waals surface area contributed by atoms with E-state index in [9.17, 15) is 0 Å². The predicted octanol–water partition coefficient (Wildman–Crippen LogP) is 16.4. The van der Waals surface area contributed by atoms with E-state index in [2.05, 4.69) is 209 Å². The molecule has 0 saturated heterocycles. The summed E-state index contributed by atoms with van der Waals surface area (Å²) >= 11 is 3.84. The van der Waals surface area contributed by atoms with Crippen LogP contribution < -0.4 is 9.64 Å². The van der Waals surface area contributed by atoms with E-state index in [4.69, 9.17) is 4.74 Å². The largest absolute Gasteiger partial charge is 0.439 e. The van der Waals surface area contributed by atoms with Crippen LogP contribution in [0.5, 0.6) is 5.75 Å². The summed E-state index contributed by atoms with van der Waals surface area (Å²) in [5.74, 6) is 1.81. The van der Waals surface area contributed by atoms with Crippen molar-refractivity contribution >= 4 is 65.7 Å². The average Bonchev–Trinajstić information content (AvgIpc) is 3.91. The van der Waals surface area contributed by atoms with Gasteiger partial charge in [0.1, 0.15) is 5.75 Å². The molecule has 4 heteroatoms. The normalized spacial score (nSPS) is 21.8. The Morgan fingerprint density at radius 2 is 1.46 bits per heavy atom. The Hall–Kier alpha value is -6.33. The van der Waals surface area contributed by atoms with Gasteiger partial charge in [-0.2, -0.15) is 0 Å². The van der Waals surface area contributed by atoms with Crippen LogP contribution in [0.1, 0.15) is 73.9 Å². The molecule has 12 rings (SSSR count). The fourth-order valence-corrected chi connectivity index (χ4v) is 13.6. The molecule has 0 saturated carbocycles. The number of fused-ring (bicyclic) bond motifs is 11. The molecule has 2 unspecified atom stereocenters. The van der Waals surface area contributed by atoms with Crippen LogP contribution in [0.2, 0.25) is 0 Å². The van der Waals surface area contributed by atoms with Gasteiger partial charge in [-0.05, 0) is 99.4 Å². The van der Waals surface area contributed by atoms with Crippen LogP contribution >= 0.6 is 23.1 Å². The number of allylic oxidation sites excluding steroid dienone is 12. The molecular weight excluding hydrogens is 803 g/mol. The molecular formula is C59H47NOS2. The molecule has 3 heterocycles. The SMILES string of the molecule is C=C1/C=C\C=C(\N(C2=CC=C(c3cccc4c3sc3ccccc34)CC2C)c2ccc(C3=C4Sc5ccccc5C4(C)CC=C3)cc2)Oc2c1ccc1c2-c2ccccc2C1(C)C. The standard InChI is InChI=1S/C59H47NOS2/c1-36-15-12-25-53(61-55-41(36)31-32-49-54(55)46-17-6-8-21-47(46)58(49,3)4)60(40-29-26-38(27-30-40)43-20-14-34-59(5)48-22-9-11-24-52(48)63-57(43)59)50-33-28-39(35-37(50)2)42-18-13-19-45-44-16-7-10-23-51(44)62-56(42)45/h6-33,37H,1,34-35H2,2-5H3/b15-12-,53-25-. The highest BCUT2D eigenvalue weighted by Gasteiger charge is 2.42. The summed E-state index contributed by atoms with van der Waals surface area (Å²) in [5, 5.41) is 2.66. The van der Waals surface area contributed by atoms with Gasteiger partial charge in [0.2, 0.25) is 5.88 Å². The summed E-state index contributed by atoms with van der Waals surface area (Å²) in [6.45, 7) is 14.0. The maximum absolute atomic E-state index is 7.47. The Balaban J connectivity index is 1.01. The van der Waals surface area contributed by atoms with Crippen molar-refractivity contribution in [3.05, 3.63) is 226 Å². The predicted molar refractivity (Wildman–Crippen MR) is 269 cm³/mol. The first-order valence-corrected chi connectivity index (χ1v) is 23.8. The molecule has 0 spiro atoms. The monoisotopic (exact) mass is 849 g/mol. The Morgan fingerprint density at radius 3 is 2.32 bits per heavy atom. The lowest BCUT2D eigenvalue weighted by atomic mass is 9.74. The van der Waals surface area contributed by atoms with Crippen LogP contribution in [0, 0.1) is 5.92 Å². The zero-order chi connectivity index (χ0) is 42.6. The number of benzene rings is 6. The number of thiophene rings is 1. The third-order valence-corrected chi connectivity index (χ3v) is 16.9. The molecule has 0 fully saturated rings. The van der Waals surface area contributed by atoms with Gasteiger partial charge in [0.25, 0.3) is 0 Å². The van der Waals surface area contributed by atoms with E-state index in [1.807, 2.05) is 23.1 Å². The average molecular weight is 850 g/mol. The van der Waals surface area contributed by atoms with Gasteiger partial charge in [0.05, 0.1) is 0 Å². The molecule has 0 bridgehead atoms. The fourth-order valence-electron chi connectivity index (χ4n) is 10.9. The summed E-state index contributed by atoms with van der Waals surface area (Å²) < 4.78 is 10.2. The van der Waals surface area contributed by atoms with Gasteiger partial charge >= 0.3 is 0 Å². The van der Waals surface area contributed by atoms with E-state index in [0.717, 1.165) is 46.9 Å². The van der Waals surface area contributed by atoms with E-state index >= 15 is 0 Å². The molecule has 6 aromatic carbocycles. The first-order chi connectivity index (χ1) is 30.7. The minimum Gasteiger partial charge on any atom is -0.439 e. The van der Waals surface area contributed by atoms with E-state index in [1.165, 1.54) is 80.2 Å². The van der Waals surface area contributed by atoms with Crippen molar-refractivity contribution in [2.24, 2.45) is 5.92 Å². The molecule has 2 aliphatic heterocycles. The maximum Gasteiger partial charge on any atom is 0.204 e. The van der Waals surface area contributed by atoms with E-state index in [0.29, 0.717) is 0 Å². The van der Waals surface area contributed by atoms with Crippen LogP contribution in [0.25, 0.3) is 48.0 Å². The summed E-state index contributed by atoms with van der Waals surface area (Å²) in [4.78, 5) is 5.18. The zero-order valence-electron chi connectivity index (χ0n) is 36.0. The van der Waals surface area contributed by atoms with Gasteiger partial charge in [-0.1, -0.05) is 180 Å². The van der Waals surface area contributed by atoms with Crippen LogP contribution in [-0.4, -0.2) is 0 Å². The number of anilines is 1. The number of hydrogen-bond donors (Lipinski definition) is 0. The zero-order valence-corrected chi connectivity index (χ0v) is 37.7. The lowest BCUT2D eigenvalue weighted by Crippen LogP contribution is -2.30. The number of nitrogens with zero attached hydrogens (tertiary/aromatic N) is 1. The summed E-state index contributed by atoms with van der Waals surface area (Å²) in [5.41, 5.74) is 15.7. The molecule has 5 aliphatic rings. The molecule has 7 aromatic rings. The summed E-state index contributed by atoms with van der Waals surface area (Å²) in [7, 11) is 0. The van der Waals surface area contributed by atoms with Crippen molar-refractivity contribution in [2.45, 2.75) is 56.3 Å². The molecule has 0 radical (unpaired) electrons. The van der Waals surface area contributed by atoms with Gasteiger partial charge in [-0.25, -0.2) is 0 Å². The van der Waals surface area contributed by atoms with Crippen LogP contribution in [0.4, 0.5) is 5.69 Å². The van der Waals surface area contributed by atoms with Gasteiger partial charge in [0, 0.05) is 69.2 Å². The molecule has 0 amide bonds.